The van der Waals surface area contributed by atoms with Crippen molar-refractivity contribution in [3.63, 3.8) is 0 Å². The molecular formula is C17H22F3N7OS. The van der Waals surface area contributed by atoms with Gasteiger partial charge in [0, 0.05) is 24.5 Å². The molecule has 0 saturated carbocycles. The van der Waals surface area contributed by atoms with Crippen molar-refractivity contribution in [2.45, 2.75) is 45.6 Å². The van der Waals surface area contributed by atoms with Gasteiger partial charge in [0.15, 0.2) is 5.82 Å². The monoisotopic (exact) mass is 429 g/mol. The maximum atomic E-state index is 13.1. The third-order valence-corrected chi connectivity index (χ3v) is 5.16. The molecule has 0 aliphatic carbocycles. The topological polar surface area (TPSA) is 88.8 Å². The summed E-state index contributed by atoms with van der Waals surface area (Å²) < 4.78 is 40.1. The summed E-state index contributed by atoms with van der Waals surface area (Å²) in [6.45, 7) is 3.81. The molecule has 29 heavy (non-hydrogen) atoms. The van der Waals surface area contributed by atoms with Crippen molar-refractivity contribution < 1.29 is 18.0 Å². The minimum atomic E-state index is -4.57. The maximum Gasteiger partial charge on any atom is 0.451 e. The number of hydrogen-bond donors (Lipinski definition) is 1. The van der Waals surface area contributed by atoms with Gasteiger partial charge in [-0.15, -0.1) is 10.2 Å². The summed E-state index contributed by atoms with van der Waals surface area (Å²) in [6.07, 6.45) is -2.09. The van der Waals surface area contributed by atoms with Gasteiger partial charge in [0.05, 0.1) is 6.54 Å². The Labute approximate surface area is 170 Å². The van der Waals surface area contributed by atoms with E-state index in [9.17, 15) is 18.0 Å². The molecule has 0 spiro atoms. The fourth-order valence-electron chi connectivity index (χ4n) is 3.22. The normalized spacial score (nSPS) is 15.2. The number of thioether (sulfide) groups is 1. The summed E-state index contributed by atoms with van der Waals surface area (Å²) in [5, 5.41) is 9.99. The zero-order valence-electron chi connectivity index (χ0n) is 16.3. The van der Waals surface area contributed by atoms with Crippen LogP contribution < -0.4 is 5.32 Å². The number of anilines is 1. The van der Waals surface area contributed by atoms with E-state index in [0.29, 0.717) is 12.4 Å². The summed E-state index contributed by atoms with van der Waals surface area (Å²) in [4.78, 5) is 23.3. The van der Waals surface area contributed by atoms with Gasteiger partial charge in [0.1, 0.15) is 6.04 Å². The third-order valence-electron chi connectivity index (χ3n) is 4.51. The highest BCUT2D eigenvalue weighted by Crippen LogP contribution is 2.29. The van der Waals surface area contributed by atoms with Crippen LogP contribution in [0.3, 0.4) is 0 Å². The predicted octanol–water partition coefficient (Wildman–Crippen LogP) is 2.28. The molecule has 2 aromatic heterocycles. The molecule has 1 aliphatic rings. The molecule has 1 amide bonds. The first kappa shape index (κ1) is 21.3. The molecule has 1 N–H and O–H groups in total. The van der Waals surface area contributed by atoms with Gasteiger partial charge in [-0.3, -0.25) is 4.79 Å². The quantitative estimate of drug-likeness (QED) is 0.754. The first-order valence-corrected chi connectivity index (χ1v) is 10.4. The third kappa shape index (κ3) is 4.98. The van der Waals surface area contributed by atoms with Crippen LogP contribution in [-0.4, -0.2) is 60.1 Å². The minimum absolute atomic E-state index is 0.00177. The number of aryl methyl sites for hydroxylation is 2. The fraction of sp³-hybridized carbons (Fsp3) is 0.588. The highest BCUT2D eigenvalue weighted by Gasteiger charge is 2.40. The zero-order chi connectivity index (χ0) is 21.2. The molecule has 2 aromatic rings. The zero-order valence-corrected chi connectivity index (χ0v) is 17.1. The number of halogens is 3. The lowest BCUT2D eigenvalue weighted by Crippen LogP contribution is -2.47. The highest BCUT2D eigenvalue weighted by molar-refractivity contribution is 7.98. The van der Waals surface area contributed by atoms with Gasteiger partial charge in [-0.2, -0.15) is 24.9 Å². The number of carbonyl (C=O) groups excluding carboxylic acids is 1. The second-order valence-electron chi connectivity index (χ2n) is 6.80. The van der Waals surface area contributed by atoms with E-state index in [2.05, 4.69) is 25.5 Å². The summed E-state index contributed by atoms with van der Waals surface area (Å²) >= 11 is 1.60. The molecular weight excluding hydrogens is 407 g/mol. The molecule has 158 valence electrons. The van der Waals surface area contributed by atoms with Crippen molar-refractivity contribution >= 4 is 23.6 Å². The fourth-order valence-corrected chi connectivity index (χ4v) is 3.69. The van der Waals surface area contributed by atoms with Gasteiger partial charge in [-0.25, -0.2) is 9.97 Å². The van der Waals surface area contributed by atoms with Crippen LogP contribution in [-0.2, 0) is 24.1 Å². The molecule has 0 aromatic carbocycles. The van der Waals surface area contributed by atoms with Gasteiger partial charge in [-0.1, -0.05) is 0 Å². The number of nitrogens with one attached hydrogen (secondary N) is 1. The second kappa shape index (κ2) is 8.56. The van der Waals surface area contributed by atoms with Crippen LogP contribution in [0.2, 0.25) is 0 Å². The Morgan fingerprint density at radius 1 is 1.24 bits per heavy atom. The number of aromatic nitrogens is 5. The Balaban J connectivity index is 1.77. The lowest BCUT2D eigenvalue weighted by atomic mass is 10.1. The van der Waals surface area contributed by atoms with Crippen LogP contribution in [0, 0.1) is 13.8 Å². The molecule has 0 unspecified atom stereocenters. The molecule has 1 atom stereocenters. The predicted molar refractivity (Wildman–Crippen MR) is 102 cm³/mol. The average Bonchev–Trinajstić information content (AvgIpc) is 3.07. The van der Waals surface area contributed by atoms with E-state index in [-0.39, 0.29) is 31.4 Å². The molecule has 0 saturated heterocycles. The molecule has 0 radical (unpaired) electrons. The number of hydrogen-bond acceptors (Lipinski definition) is 7. The van der Waals surface area contributed by atoms with Crippen molar-refractivity contribution in [3.05, 3.63) is 29.1 Å². The van der Waals surface area contributed by atoms with Crippen LogP contribution in [0.4, 0.5) is 19.1 Å². The highest BCUT2D eigenvalue weighted by atomic mass is 32.2. The summed E-state index contributed by atoms with van der Waals surface area (Å²) in [5.74, 6) is -0.0224. The molecule has 8 nitrogen and oxygen atoms in total. The van der Waals surface area contributed by atoms with Gasteiger partial charge >= 0.3 is 6.18 Å². The van der Waals surface area contributed by atoms with Crippen LogP contribution in [0.25, 0.3) is 0 Å². The Kier molecular flexibility index (Phi) is 6.30. The van der Waals surface area contributed by atoms with E-state index in [1.165, 1.54) is 4.90 Å². The molecule has 3 rings (SSSR count). The number of carbonyl (C=O) groups is 1. The van der Waals surface area contributed by atoms with Crippen LogP contribution in [0.15, 0.2) is 6.07 Å². The summed E-state index contributed by atoms with van der Waals surface area (Å²) in [5.41, 5.74) is 1.56. The number of nitrogens with zero attached hydrogens (tertiary/aromatic N) is 6. The van der Waals surface area contributed by atoms with Crippen LogP contribution in [0.5, 0.6) is 0 Å². The van der Waals surface area contributed by atoms with Crippen molar-refractivity contribution in [2.75, 3.05) is 23.9 Å². The van der Waals surface area contributed by atoms with Crippen molar-refractivity contribution in [1.29, 1.82) is 0 Å². The van der Waals surface area contributed by atoms with E-state index >= 15 is 0 Å². The molecule has 0 fully saturated rings. The Morgan fingerprint density at radius 2 is 1.93 bits per heavy atom. The molecule has 12 heteroatoms. The van der Waals surface area contributed by atoms with E-state index in [4.69, 9.17) is 0 Å². The van der Waals surface area contributed by atoms with E-state index in [1.807, 2.05) is 26.2 Å². The van der Waals surface area contributed by atoms with Gasteiger partial charge in [0.25, 0.3) is 0 Å². The molecule has 3 heterocycles. The van der Waals surface area contributed by atoms with E-state index in [1.54, 1.807) is 11.8 Å². The van der Waals surface area contributed by atoms with E-state index in [0.717, 1.165) is 21.7 Å². The Bertz CT molecular complexity index is 866. The lowest BCUT2D eigenvalue weighted by Gasteiger charge is -2.31. The van der Waals surface area contributed by atoms with Crippen molar-refractivity contribution in [3.8, 4) is 0 Å². The number of rotatable bonds is 6. The summed E-state index contributed by atoms with van der Waals surface area (Å²) in [7, 11) is 0. The van der Waals surface area contributed by atoms with Gasteiger partial charge in [0.2, 0.25) is 17.7 Å². The number of alkyl halides is 3. The SMILES string of the molecule is CSCC[C@H](Nc1nc(C)cc(C)n1)C(=O)N1CCn2c(nnc2C(F)(F)F)C1. The smallest absolute Gasteiger partial charge is 0.342 e. The Morgan fingerprint density at radius 3 is 2.55 bits per heavy atom. The van der Waals surface area contributed by atoms with E-state index < -0.39 is 18.0 Å². The summed E-state index contributed by atoms with van der Waals surface area (Å²) in [6, 6.07) is 1.25. The number of amides is 1. The minimum Gasteiger partial charge on any atom is -0.342 e. The first-order valence-electron chi connectivity index (χ1n) is 9.05. The van der Waals surface area contributed by atoms with Gasteiger partial charge < -0.3 is 14.8 Å². The maximum absolute atomic E-state index is 13.1. The second-order valence-corrected chi connectivity index (χ2v) is 7.79. The Hall–Kier alpha value is -2.37. The van der Waals surface area contributed by atoms with Crippen LogP contribution >= 0.6 is 11.8 Å². The first-order chi connectivity index (χ1) is 13.7. The van der Waals surface area contributed by atoms with Crippen molar-refractivity contribution in [2.24, 2.45) is 0 Å². The standard InChI is InChI=1S/C17H22F3N7OS/c1-10-8-11(2)22-16(21-10)23-12(4-7-29-3)14(28)26-5-6-27-13(9-26)24-25-15(27)17(18,19)20/h8,12H,4-7,9H2,1-3H3,(H,21,22,23)/t12-/m0/s1. The largest absolute Gasteiger partial charge is 0.451 e. The molecule has 1 aliphatic heterocycles. The lowest BCUT2D eigenvalue weighted by molar-refractivity contribution is -0.148. The molecule has 0 bridgehead atoms. The van der Waals surface area contributed by atoms with Crippen LogP contribution in [0.1, 0.15) is 29.5 Å². The average molecular weight is 429 g/mol. The number of fused-ring (bicyclic) bond motifs is 1. The van der Waals surface area contributed by atoms with Gasteiger partial charge in [-0.05, 0) is 38.3 Å². The van der Waals surface area contributed by atoms with Crippen molar-refractivity contribution in [1.82, 2.24) is 29.6 Å².